The van der Waals surface area contributed by atoms with E-state index >= 15 is 0 Å². The maximum absolute atomic E-state index is 5.70. The summed E-state index contributed by atoms with van der Waals surface area (Å²) in [5.41, 5.74) is 1.01. The highest BCUT2D eigenvalue weighted by molar-refractivity contribution is 7.09. The molecule has 1 aromatic heterocycles. The van der Waals surface area contributed by atoms with Crippen molar-refractivity contribution < 1.29 is 0 Å². The normalized spacial score (nSPS) is 16.5. The molecule has 1 saturated carbocycles. The van der Waals surface area contributed by atoms with Crippen molar-refractivity contribution >= 4 is 22.9 Å². The second-order valence-electron chi connectivity index (χ2n) is 3.83. The van der Waals surface area contributed by atoms with Crippen molar-refractivity contribution in [2.45, 2.75) is 31.2 Å². The van der Waals surface area contributed by atoms with Crippen LogP contribution in [0.25, 0.3) is 0 Å². The summed E-state index contributed by atoms with van der Waals surface area (Å²) in [6, 6.07) is 0.849. The van der Waals surface area contributed by atoms with Crippen LogP contribution in [0.5, 0.6) is 0 Å². The largest absolute Gasteiger partial charge is 0.303 e. The van der Waals surface area contributed by atoms with E-state index in [9.17, 15) is 0 Å². The molecule has 0 N–H and O–H groups in total. The van der Waals surface area contributed by atoms with Crippen LogP contribution in [0, 0.1) is 0 Å². The van der Waals surface area contributed by atoms with Crippen molar-refractivity contribution in [2.75, 3.05) is 13.6 Å². The Morgan fingerprint density at radius 3 is 3.00 bits per heavy atom. The third kappa shape index (κ3) is 2.69. The van der Waals surface area contributed by atoms with Crippen molar-refractivity contribution in [3.63, 3.8) is 0 Å². The molecule has 0 unspecified atom stereocenters. The van der Waals surface area contributed by atoms with E-state index in [0.717, 1.165) is 24.7 Å². The third-order valence-corrected chi connectivity index (χ3v) is 3.82. The predicted octanol–water partition coefficient (Wildman–Crippen LogP) is 2.52. The third-order valence-electron chi connectivity index (χ3n) is 2.58. The number of aromatic nitrogens is 1. The van der Waals surface area contributed by atoms with Gasteiger partial charge in [-0.25, -0.2) is 4.98 Å². The second kappa shape index (κ2) is 4.60. The maximum atomic E-state index is 5.70. The van der Waals surface area contributed by atoms with Crippen molar-refractivity contribution in [2.24, 2.45) is 0 Å². The summed E-state index contributed by atoms with van der Waals surface area (Å²) in [5, 5.41) is 3.27. The zero-order chi connectivity index (χ0) is 9.97. The van der Waals surface area contributed by atoms with Crippen LogP contribution in [-0.2, 0) is 12.3 Å². The average Bonchev–Trinajstić information content (AvgIpc) is 2.94. The lowest BCUT2D eigenvalue weighted by molar-refractivity contribution is 0.328. The molecule has 0 saturated heterocycles. The maximum Gasteiger partial charge on any atom is 0.0941 e. The number of alkyl halides is 1. The van der Waals surface area contributed by atoms with Gasteiger partial charge in [0, 0.05) is 24.4 Å². The van der Waals surface area contributed by atoms with E-state index in [2.05, 4.69) is 22.3 Å². The Balaban J connectivity index is 1.78. The molecule has 1 aliphatic carbocycles. The summed E-state index contributed by atoms with van der Waals surface area (Å²) < 4.78 is 0. The number of nitrogens with zero attached hydrogens (tertiary/aromatic N) is 2. The Kier molecular flexibility index (Phi) is 3.42. The minimum absolute atomic E-state index is 0.537. The molecule has 0 spiro atoms. The summed E-state index contributed by atoms with van der Waals surface area (Å²) in [5.74, 6) is 0.537. The zero-order valence-electron chi connectivity index (χ0n) is 8.37. The van der Waals surface area contributed by atoms with Gasteiger partial charge in [0.1, 0.15) is 0 Å². The molecule has 14 heavy (non-hydrogen) atoms. The Hall–Kier alpha value is -0.120. The minimum Gasteiger partial charge on any atom is -0.303 e. The quantitative estimate of drug-likeness (QED) is 0.723. The molecule has 1 aromatic rings. The number of rotatable bonds is 5. The van der Waals surface area contributed by atoms with Crippen molar-refractivity contribution in [3.8, 4) is 0 Å². The Labute approximate surface area is 93.9 Å². The molecule has 1 heterocycles. The van der Waals surface area contributed by atoms with Gasteiger partial charge >= 0.3 is 0 Å². The number of likely N-dealkylation sites (N-methyl/N-ethyl adjacent to an activating group) is 1. The minimum atomic E-state index is 0.537. The van der Waals surface area contributed by atoms with Gasteiger partial charge in [-0.3, -0.25) is 0 Å². The molecule has 1 aliphatic rings. The standard InChI is InChI=1S/C10H15ClN2S/c1-13(9-2-3-9)5-4-10-12-8(6-11)7-14-10/h7,9H,2-6H2,1H3. The van der Waals surface area contributed by atoms with Gasteiger partial charge in [-0.05, 0) is 19.9 Å². The van der Waals surface area contributed by atoms with Gasteiger partial charge in [0.25, 0.3) is 0 Å². The zero-order valence-corrected chi connectivity index (χ0v) is 9.94. The molecule has 2 nitrogen and oxygen atoms in total. The summed E-state index contributed by atoms with van der Waals surface area (Å²) in [6.45, 7) is 1.12. The summed E-state index contributed by atoms with van der Waals surface area (Å²) >= 11 is 7.42. The van der Waals surface area contributed by atoms with Crippen molar-refractivity contribution in [1.82, 2.24) is 9.88 Å². The second-order valence-corrected chi connectivity index (χ2v) is 5.04. The van der Waals surface area contributed by atoms with Crippen LogP contribution < -0.4 is 0 Å². The predicted molar refractivity (Wildman–Crippen MR) is 61.0 cm³/mol. The molecule has 0 radical (unpaired) electrons. The van der Waals surface area contributed by atoms with Crippen LogP contribution in [0.4, 0.5) is 0 Å². The Morgan fingerprint density at radius 1 is 1.64 bits per heavy atom. The van der Waals surface area contributed by atoms with Crippen LogP contribution in [0.15, 0.2) is 5.38 Å². The lowest BCUT2D eigenvalue weighted by Gasteiger charge is -2.13. The highest BCUT2D eigenvalue weighted by Crippen LogP contribution is 2.25. The first-order valence-corrected chi connectivity index (χ1v) is 6.40. The van der Waals surface area contributed by atoms with E-state index in [0.29, 0.717) is 5.88 Å². The van der Waals surface area contributed by atoms with Crippen molar-refractivity contribution in [3.05, 3.63) is 16.1 Å². The van der Waals surface area contributed by atoms with E-state index in [1.54, 1.807) is 11.3 Å². The first-order valence-electron chi connectivity index (χ1n) is 4.99. The monoisotopic (exact) mass is 230 g/mol. The summed E-state index contributed by atoms with van der Waals surface area (Å²) in [4.78, 5) is 6.87. The van der Waals surface area contributed by atoms with Gasteiger partial charge in [-0.15, -0.1) is 22.9 Å². The molecule has 0 aromatic carbocycles. The Morgan fingerprint density at radius 2 is 2.43 bits per heavy atom. The van der Waals surface area contributed by atoms with Crippen LogP contribution >= 0.6 is 22.9 Å². The van der Waals surface area contributed by atoms with Gasteiger partial charge in [0.05, 0.1) is 16.6 Å². The van der Waals surface area contributed by atoms with Gasteiger partial charge < -0.3 is 4.90 Å². The number of hydrogen-bond acceptors (Lipinski definition) is 3. The average molecular weight is 231 g/mol. The lowest BCUT2D eigenvalue weighted by Crippen LogP contribution is -2.23. The lowest BCUT2D eigenvalue weighted by atomic mass is 10.4. The topological polar surface area (TPSA) is 16.1 Å². The molecule has 1 fully saturated rings. The van der Waals surface area contributed by atoms with E-state index in [4.69, 9.17) is 11.6 Å². The fraction of sp³-hybridized carbons (Fsp3) is 0.700. The number of halogens is 1. The number of thiazole rings is 1. The molecule has 4 heteroatoms. The molecule has 0 aliphatic heterocycles. The summed E-state index contributed by atoms with van der Waals surface area (Å²) in [7, 11) is 2.20. The van der Waals surface area contributed by atoms with Crippen LogP contribution in [0.2, 0.25) is 0 Å². The SMILES string of the molecule is CN(CCc1nc(CCl)cs1)C1CC1. The van der Waals surface area contributed by atoms with Crippen LogP contribution in [0.3, 0.4) is 0 Å². The van der Waals surface area contributed by atoms with E-state index < -0.39 is 0 Å². The van der Waals surface area contributed by atoms with Gasteiger partial charge in [-0.2, -0.15) is 0 Å². The molecule has 2 rings (SSSR count). The van der Waals surface area contributed by atoms with E-state index in [-0.39, 0.29) is 0 Å². The first-order chi connectivity index (χ1) is 6.79. The smallest absolute Gasteiger partial charge is 0.0941 e. The first kappa shape index (κ1) is 10.4. The molecular formula is C10H15ClN2S. The van der Waals surface area contributed by atoms with Crippen LogP contribution in [0.1, 0.15) is 23.5 Å². The van der Waals surface area contributed by atoms with E-state index in [1.165, 1.54) is 17.8 Å². The fourth-order valence-corrected chi connectivity index (χ4v) is 2.51. The van der Waals surface area contributed by atoms with Gasteiger partial charge in [0.15, 0.2) is 0 Å². The highest BCUT2D eigenvalue weighted by Gasteiger charge is 2.25. The molecular weight excluding hydrogens is 216 g/mol. The molecule has 0 bridgehead atoms. The van der Waals surface area contributed by atoms with E-state index in [1.807, 2.05) is 0 Å². The van der Waals surface area contributed by atoms with Crippen LogP contribution in [-0.4, -0.2) is 29.5 Å². The number of hydrogen-bond donors (Lipinski definition) is 0. The Bertz CT molecular complexity index is 296. The molecule has 0 atom stereocenters. The molecule has 78 valence electrons. The molecule has 0 amide bonds. The van der Waals surface area contributed by atoms with Gasteiger partial charge in [-0.1, -0.05) is 0 Å². The van der Waals surface area contributed by atoms with Crippen molar-refractivity contribution in [1.29, 1.82) is 0 Å². The highest BCUT2D eigenvalue weighted by atomic mass is 35.5. The van der Waals surface area contributed by atoms with Gasteiger partial charge in [0.2, 0.25) is 0 Å². The summed E-state index contributed by atoms with van der Waals surface area (Å²) in [6.07, 6.45) is 3.82. The fourth-order valence-electron chi connectivity index (χ4n) is 1.49.